The number of allylic oxidation sites excluding steroid dienone is 1. The summed E-state index contributed by atoms with van der Waals surface area (Å²) in [5.74, 6) is -0.902. The highest BCUT2D eigenvalue weighted by Gasteiger charge is 2.38. The summed E-state index contributed by atoms with van der Waals surface area (Å²) >= 11 is 12.4. The molecule has 1 amide bonds. The Morgan fingerprint density at radius 2 is 1.82 bits per heavy atom. The van der Waals surface area contributed by atoms with Crippen molar-refractivity contribution >= 4 is 46.8 Å². The smallest absolute Gasteiger partial charge is 0.340 e. The first-order chi connectivity index (χ1) is 13.4. The second-order valence-corrected chi connectivity index (χ2v) is 7.10. The molecular formula is C22H19Cl2NO3. The van der Waals surface area contributed by atoms with Crippen LogP contribution in [0.3, 0.4) is 0 Å². The van der Waals surface area contributed by atoms with Crippen LogP contribution in [0, 0.1) is 0 Å². The maximum absolute atomic E-state index is 13.2. The maximum atomic E-state index is 13.2. The fourth-order valence-electron chi connectivity index (χ4n) is 3.16. The molecule has 1 aliphatic rings. The van der Waals surface area contributed by atoms with Gasteiger partial charge in [-0.25, -0.2) is 4.79 Å². The van der Waals surface area contributed by atoms with Crippen LogP contribution in [0.25, 0.3) is 6.08 Å². The molecule has 144 valence electrons. The summed E-state index contributed by atoms with van der Waals surface area (Å²) in [6.07, 6.45) is 2.47. The molecule has 0 bridgehead atoms. The molecule has 2 aromatic rings. The van der Waals surface area contributed by atoms with E-state index in [1.165, 1.54) is 12.0 Å². The van der Waals surface area contributed by atoms with Gasteiger partial charge in [0.25, 0.3) is 5.91 Å². The molecule has 3 rings (SSSR count). The first kappa shape index (κ1) is 20.2. The third-order valence-electron chi connectivity index (χ3n) is 4.67. The monoisotopic (exact) mass is 415 g/mol. The van der Waals surface area contributed by atoms with E-state index in [1.54, 1.807) is 31.2 Å². The average molecular weight is 416 g/mol. The topological polar surface area (TPSA) is 46.6 Å². The van der Waals surface area contributed by atoms with E-state index in [4.69, 9.17) is 27.9 Å². The zero-order chi connectivity index (χ0) is 20.4. The van der Waals surface area contributed by atoms with E-state index >= 15 is 0 Å². The predicted molar refractivity (Wildman–Crippen MR) is 112 cm³/mol. The molecule has 0 unspecified atom stereocenters. The van der Waals surface area contributed by atoms with Crippen molar-refractivity contribution < 1.29 is 14.3 Å². The van der Waals surface area contributed by atoms with Gasteiger partial charge in [0.05, 0.1) is 28.3 Å². The lowest BCUT2D eigenvalue weighted by Gasteiger charge is -2.18. The number of esters is 1. The maximum Gasteiger partial charge on any atom is 0.340 e. The highest BCUT2D eigenvalue weighted by Crippen LogP contribution is 2.37. The number of benzene rings is 2. The standard InChI is InChI=1S/C22H19Cl2NO3/c1-4-14-8-10-16(11-9-14)25-13(2)19(22(27)28-3)17(21(25)26)12-15-6-5-7-18(23)20(15)24/h5-12H,4H2,1-3H3/b17-12-. The van der Waals surface area contributed by atoms with Gasteiger partial charge in [-0.1, -0.05) is 54.4 Å². The average Bonchev–Trinajstić information content (AvgIpc) is 2.94. The lowest BCUT2D eigenvalue weighted by molar-refractivity contribution is -0.136. The van der Waals surface area contributed by atoms with Crippen molar-refractivity contribution in [3.63, 3.8) is 0 Å². The largest absolute Gasteiger partial charge is 0.465 e. The molecule has 0 saturated carbocycles. The van der Waals surface area contributed by atoms with Crippen molar-refractivity contribution in [3.8, 4) is 0 Å². The Hall–Kier alpha value is -2.56. The van der Waals surface area contributed by atoms with Crippen LogP contribution < -0.4 is 4.90 Å². The first-order valence-corrected chi connectivity index (χ1v) is 9.53. The summed E-state index contributed by atoms with van der Waals surface area (Å²) in [6.45, 7) is 3.78. The molecular weight excluding hydrogens is 397 g/mol. The zero-order valence-corrected chi connectivity index (χ0v) is 17.3. The summed E-state index contributed by atoms with van der Waals surface area (Å²) in [5.41, 5.74) is 3.32. The number of hydrogen-bond donors (Lipinski definition) is 0. The number of aryl methyl sites for hydroxylation is 1. The second-order valence-electron chi connectivity index (χ2n) is 6.31. The van der Waals surface area contributed by atoms with Crippen LogP contribution in [-0.4, -0.2) is 19.0 Å². The number of methoxy groups -OCH3 is 1. The SMILES string of the molecule is CCc1ccc(N2C(=O)/C(=C\c3cccc(Cl)c3Cl)C(C(=O)OC)=C2C)cc1. The third kappa shape index (κ3) is 3.58. The van der Waals surface area contributed by atoms with Gasteiger partial charge in [-0.15, -0.1) is 0 Å². The predicted octanol–water partition coefficient (Wildman–Crippen LogP) is 5.43. The van der Waals surface area contributed by atoms with Crippen LogP contribution in [0.15, 0.2) is 59.3 Å². The molecule has 0 saturated heterocycles. The van der Waals surface area contributed by atoms with Gasteiger partial charge in [-0.05, 0) is 48.7 Å². The van der Waals surface area contributed by atoms with E-state index in [9.17, 15) is 9.59 Å². The summed E-state index contributed by atoms with van der Waals surface area (Å²) < 4.78 is 4.92. The van der Waals surface area contributed by atoms with E-state index in [2.05, 4.69) is 6.92 Å². The molecule has 0 spiro atoms. The molecule has 1 heterocycles. The fraction of sp³-hybridized carbons (Fsp3) is 0.182. The molecule has 0 radical (unpaired) electrons. The third-order valence-corrected chi connectivity index (χ3v) is 5.51. The summed E-state index contributed by atoms with van der Waals surface area (Å²) in [5, 5.41) is 0.686. The van der Waals surface area contributed by atoms with Crippen LogP contribution in [0.5, 0.6) is 0 Å². The molecule has 28 heavy (non-hydrogen) atoms. The van der Waals surface area contributed by atoms with Gasteiger partial charge < -0.3 is 4.74 Å². The van der Waals surface area contributed by atoms with Gasteiger partial charge in [0, 0.05) is 11.4 Å². The Balaban J connectivity index is 2.14. The van der Waals surface area contributed by atoms with Crippen molar-refractivity contribution in [2.75, 3.05) is 12.0 Å². The number of carbonyl (C=O) groups is 2. The molecule has 0 fully saturated rings. The van der Waals surface area contributed by atoms with E-state index < -0.39 is 5.97 Å². The van der Waals surface area contributed by atoms with E-state index in [0.717, 1.165) is 12.0 Å². The number of ether oxygens (including phenoxy) is 1. The highest BCUT2D eigenvalue weighted by molar-refractivity contribution is 6.43. The normalized spacial score (nSPS) is 15.5. The van der Waals surface area contributed by atoms with Gasteiger partial charge in [0.1, 0.15) is 0 Å². The van der Waals surface area contributed by atoms with Crippen molar-refractivity contribution in [3.05, 3.63) is 80.5 Å². The van der Waals surface area contributed by atoms with Gasteiger partial charge >= 0.3 is 5.97 Å². The van der Waals surface area contributed by atoms with Gasteiger partial charge in [-0.2, -0.15) is 0 Å². The Bertz CT molecular complexity index is 1010. The molecule has 0 aliphatic carbocycles. The Labute approximate surface area is 174 Å². The summed E-state index contributed by atoms with van der Waals surface area (Å²) in [6, 6.07) is 12.8. The fourth-order valence-corrected chi connectivity index (χ4v) is 3.52. The lowest BCUT2D eigenvalue weighted by atomic mass is 10.0. The molecule has 4 nitrogen and oxygen atoms in total. The Kier molecular flexibility index (Phi) is 5.92. The van der Waals surface area contributed by atoms with E-state index in [0.29, 0.717) is 27.0 Å². The van der Waals surface area contributed by atoms with Gasteiger partial charge in [0.15, 0.2) is 0 Å². The zero-order valence-electron chi connectivity index (χ0n) is 15.8. The van der Waals surface area contributed by atoms with Gasteiger partial charge in [0.2, 0.25) is 0 Å². The van der Waals surface area contributed by atoms with Crippen LogP contribution in [0.2, 0.25) is 10.0 Å². The number of nitrogens with zero attached hydrogens (tertiary/aromatic N) is 1. The van der Waals surface area contributed by atoms with Crippen LogP contribution >= 0.6 is 23.2 Å². The second kappa shape index (κ2) is 8.21. The van der Waals surface area contributed by atoms with E-state index in [1.807, 2.05) is 24.3 Å². The van der Waals surface area contributed by atoms with Crippen molar-refractivity contribution in [1.29, 1.82) is 0 Å². The van der Waals surface area contributed by atoms with Gasteiger partial charge in [-0.3, -0.25) is 9.69 Å². The lowest BCUT2D eigenvalue weighted by Crippen LogP contribution is -2.24. The number of amides is 1. The minimum atomic E-state index is -0.581. The van der Waals surface area contributed by atoms with Crippen molar-refractivity contribution in [2.24, 2.45) is 0 Å². The molecule has 0 atom stereocenters. The van der Waals surface area contributed by atoms with Crippen LogP contribution in [0.4, 0.5) is 5.69 Å². The summed E-state index contributed by atoms with van der Waals surface area (Å²) in [7, 11) is 1.29. The molecule has 0 aromatic heterocycles. The van der Waals surface area contributed by atoms with Crippen LogP contribution in [0.1, 0.15) is 25.0 Å². The minimum absolute atomic E-state index is 0.211. The molecule has 2 aromatic carbocycles. The van der Waals surface area contributed by atoms with Crippen molar-refractivity contribution in [2.45, 2.75) is 20.3 Å². The highest BCUT2D eigenvalue weighted by atomic mass is 35.5. The minimum Gasteiger partial charge on any atom is -0.465 e. The summed E-state index contributed by atoms with van der Waals surface area (Å²) in [4.78, 5) is 27.2. The van der Waals surface area contributed by atoms with E-state index in [-0.39, 0.29) is 17.1 Å². The number of halogens is 2. The molecule has 6 heteroatoms. The molecule has 1 aliphatic heterocycles. The Morgan fingerprint density at radius 3 is 2.43 bits per heavy atom. The Morgan fingerprint density at radius 1 is 1.14 bits per heavy atom. The number of rotatable bonds is 4. The number of hydrogen-bond acceptors (Lipinski definition) is 3. The quantitative estimate of drug-likeness (QED) is 0.493. The molecule has 0 N–H and O–H groups in total. The first-order valence-electron chi connectivity index (χ1n) is 8.77. The number of anilines is 1. The van der Waals surface area contributed by atoms with Crippen LogP contribution in [-0.2, 0) is 20.7 Å². The van der Waals surface area contributed by atoms with Crippen molar-refractivity contribution in [1.82, 2.24) is 0 Å². The number of carbonyl (C=O) groups excluding carboxylic acids is 2.